The van der Waals surface area contributed by atoms with Crippen LogP contribution in [0, 0.1) is 0 Å². The van der Waals surface area contributed by atoms with E-state index in [0.29, 0.717) is 13.1 Å². The molecule has 0 radical (unpaired) electrons. The molecule has 124 valence electrons. The summed E-state index contributed by atoms with van der Waals surface area (Å²) >= 11 is 0. The summed E-state index contributed by atoms with van der Waals surface area (Å²) in [6.45, 7) is 2.24. The molecular weight excluding hydrogens is 311 g/mol. The number of hydrogen-bond acceptors (Lipinski definition) is 3. The number of imidazole rings is 1. The highest BCUT2D eigenvalue weighted by Gasteiger charge is 2.34. The molecule has 0 bridgehead atoms. The third kappa shape index (κ3) is 4.73. The van der Waals surface area contributed by atoms with Gasteiger partial charge in [-0.3, -0.25) is 4.79 Å². The number of benzene rings is 1. The summed E-state index contributed by atoms with van der Waals surface area (Å²) in [7, 11) is 0. The first kappa shape index (κ1) is 16.9. The predicted molar refractivity (Wildman–Crippen MR) is 76.8 cm³/mol. The van der Waals surface area contributed by atoms with Crippen molar-refractivity contribution in [2.75, 3.05) is 6.54 Å². The SMILES string of the molecule is CC(Oc1ccccc1C(F)(F)F)C(=O)NCCn1ccnc1. The molecule has 0 spiro atoms. The maximum atomic E-state index is 12.9. The van der Waals surface area contributed by atoms with Crippen molar-refractivity contribution in [3.63, 3.8) is 0 Å². The number of carbonyl (C=O) groups excluding carboxylic acids is 1. The van der Waals surface area contributed by atoms with E-state index in [2.05, 4.69) is 10.3 Å². The van der Waals surface area contributed by atoms with Gasteiger partial charge in [0, 0.05) is 25.5 Å². The quantitative estimate of drug-likeness (QED) is 0.887. The van der Waals surface area contributed by atoms with Crippen molar-refractivity contribution in [3.8, 4) is 5.75 Å². The van der Waals surface area contributed by atoms with Gasteiger partial charge in [-0.1, -0.05) is 12.1 Å². The number of aromatic nitrogens is 2. The summed E-state index contributed by atoms with van der Waals surface area (Å²) in [6.07, 6.45) is -0.617. The number of carbonyl (C=O) groups is 1. The molecule has 1 aromatic heterocycles. The van der Waals surface area contributed by atoms with E-state index in [1.807, 2.05) is 0 Å². The minimum absolute atomic E-state index is 0.323. The van der Waals surface area contributed by atoms with Gasteiger partial charge >= 0.3 is 6.18 Å². The third-order valence-electron chi connectivity index (χ3n) is 3.09. The highest BCUT2D eigenvalue weighted by atomic mass is 19.4. The Hall–Kier alpha value is -2.51. The molecule has 1 N–H and O–H groups in total. The van der Waals surface area contributed by atoms with Gasteiger partial charge in [0.2, 0.25) is 0 Å². The minimum atomic E-state index is -4.53. The summed E-state index contributed by atoms with van der Waals surface area (Å²) in [5.41, 5.74) is -0.905. The maximum absolute atomic E-state index is 12.9. The first-order valence-corrected chi connectivity index (χ1v) is 6.94. The topological polar surface area (TPSA) is 56.1 Å². The lowest BCUT2D eigenvalue weighted by Gasteiger charge is -2.18. The number of halogens is 3. The lowest BCUT2D eigenvalue weighted by molar-refractivity contribution is -0.140. The monoisotopic (exact) mass is 327 g/mol. The molecule has 5 nitrogen and oxygen atoms in total. The molecular formula is C15H16F3N3O2. The Labute approximate surface area is 131 Å². The molecule has 1 atom stereocenters. The smallest absolute Gasteiger partial charge is 0.419 e. The minimum Gasteiger partial charge on any atom is -0.480 e. The van der Waals surface area contributed by atoms with E-state index in [9.17, 15) is 18.0 Å². The summed E-state index contributed by atoms with van der Waals surface area (Å²) in [4.78, 5) is 15.8. The van der Waals surface area contributed by atoms with Crippen LogP contribution in [0.15, 0.2) is 43.0 Å². The fourth-order valence-corrected chi connectivity index (χ4v) is 1.92. The zero-order valence-corrected chi connectivity index (χ0v) is 12.4. The molecule has 8 heteroatoms. The van der Waals surface area contributed by atoms with Gasteiger partial charge in [0.05, 0.1) is 11.9 Å². The van der Waals surface area contributed by atoms with Crippen molar-refractivity contribution in [1.82, 2.24) is 14.9 Å². The van der Waals surface area contributed by atoms with Crippen molar-refractivity contribution in [2.45, 2.75) is 25.7 Å². The first-order chi connectivity index (χ1) is 10.9. The van der Waals surface area contributed by atoms with Crippen LogP contribution in [0.4, 0.5) is 13.2 Å². The van der Waals surface area contributed by atoms with E-state index >= 15 is 0 Å². The van der Waals surface area contributed by atoms with E-state index in [-0.39, 0.29) is 5.75 Å². The highest BCUT2D eigenvalue weighted by molar-refractivity contribution is 5.80. The Bertz CT molecular complexity index is 642. The molecule has 2 aromatic rings. The Kier molecular flexibility index (Phi) is 5.25. The Morgan fingerprint density at radius 2 is 2.13 bits per heavy atom. The van der Waals surface area contributed by atoms with Gasteiger partial charge < -0.3 is 14.6 Å². The molecule has 0 aliphatic rings. The normalized spacial score (nSPS) is 12.7. The number of ether oxygens (including phenoxy) is 1. The van der Waals surface area contributed by atoms with Gasteiger partial charge in [-0.05, 0) is 19.1 Å². The van der Waals surface area contributed by atoms with Crippen molar-refractivity contribution >= 4 is 5.91 Å². The average Bonchev–Trinajstić information content (AvgIpc) is 3.00. The molecule has 1 heterocycles. The second-order valence-electron chi connectivity index (χ2n) is 4.85. The van der Waals surface area contributed by atoms with Crippen molar-refractivity contribution in [2.24, 2.45) is 0 Å². The summed E-state index contributed by atoms with van der Waals surface area (Å²) in [6, 6.07) is 4.80. The fourth-order valence-electron chi connectivity index (χ4n) is 1.92. The highest BCUT2D eigenvalue weighted by Crippen LogP contribution is 2.36. The molecule has 1 unspecified atom stereocenters. The lowest BCUT2D eigenvalue weighted by Crippen LogP contribution is -2.38. The Morgan fingerprint density at radius 1 is 1.39 bits per heavy atom. The number of alkyl halides is 3. The number of para-hydroxylation sites is 1. The van der Waals surface area contributed by atoms with Crippen LogP contribution in [-0.4, -0.2) is 28.1 Å². The zero-order chi connectivity index (χ0) is 16.9. The molecule has 0 saturated carbocycles. The van der Waals surface area contributed by atoms with Gasteiger partial charge in [-0.15, -0.1) is 0 Å². The van der Waals surface area contributed by atoms with Crippen molar-refractivity contribution in [3.05, 3.63) is 48.5 Å². The van der Waals surface area contributed by atoms with Crippen molar-refractivity contribution < 1.29 is 22.7 Å². The molecule has 0 saturated heterocycles. The van der Waals surface area contributed by atoms with Crippen LogP contribution in [0.2, 0.25) is 0 Å². The average molecular weight is 327 g/mol. The van der Waals surface area contributed by atoms with Crippen LogP contribution in [-0.2, 0) is 17.5 Å². The number of amides is 1. The number of nitrogens with one attached hydrogen (secondary N) is 1. The van der Waals surface area contributed by atoms with Crippen LogP contribution >= 0.6 is 0 Å². The number of rotatable bonds is 6. The van der Waals surface area contributed by atoms with Gasteiger partial charge in [0.15, 0.2) is 6.10 Å². The predicted octanol–water partition coefficient (Wildman–Crippen LogP) is 2.49. The van der Waals surface area contributed by atoms with Crippen LogP contribution in [0.5, 0.6) is 5.75 Å². The first-order valence-electron chi connectivity index (χ1n) is 6.94. The fraction of sp³-hybridized carbons (Fsp3) is 0.333. The number of nitrogens with zero attached hydrogens (tertiary/aromatic N) is 2. The van der Waals surface area contributed by atoms with E-state index in [4.69, 9.17) is 4.74 Å². The largest absolute Gasteiger partial charge is 0.480 e. The van der Waals surface area contributed by atoms with Gasteiger partial charge in [0.1, 0.15) is 5.75 Å². The Morgan fingerprint density at radius 3 is 2.78 bits per heavy atom. The van der Waals surface area contributed by atoms with Crippen LogP contribution in [0.1, 0.15) is 12.5 Å². The second kappa shape index (κ2) is 7.17. The van der Waals surface area contributed by atoms with Gasteiger partial charge in [-0.2, -0.15) is 13.2 Å². The molecule has 0 aliphatic heterocycles. The van der Waals surface area contributed by atoms with E-state index in [1.165, 1.54) is 25.1 Å². The summed E-state index contributed by atoms with van der Waals surface area (Å²) in [5, 5.41) is 2.61. The van der Waals surface area contributed by atoms with E-state index in [0.717, 1.165) is 6.07 Å². The van der Waals surface area contributed by atoms with Crippen molar-refractivity contribution in [1.29, 1.82) is 0 Å². The molecule has 0 aliphatic carbocycles. The molecule has 0 fully saturated rings. The second-order valence-corrected chi connectivity index (χ2v) is 4.85. The van der Waals surface area contributed by atoms with Crippen LogP contribution < -0.4 is 10.1 Å². The standard InChI is InChI=1S/C15H16F3N3O2/c1-11(14(22)20-7-9-21-8-6-19-10-21)23-13-5-3-2-4-12(13)15(16,17)18/h2-6,8,10-11H,7,9H2,1H3,(H,20,22). The maximum Gasteiger partial charge on any atom is 0.419 e. The van der Waals surface area contributed by atoms with E-state index in [1.54, 1.807) is 23.3 Å². The Balaban J connectivity index is 1.91. The third-order valence-corrected chi connectivity index (χ3v) is 3.09. The van der Waals surface area contributed by atoms with Gasteiger partial charge in [-0.25, -0.2) is 4.98 Å². The van der Waals surface area contributed by atoms with Gasteiger partial charge in [0.25, 0.3) is 5.91 Å². The molecule has 1 aromatic carbocycles. The van der Waals surface area contributed by atoms with Crippen LogP contribution in [0.25, 0.3) is 0 Å². The number of hydrogen-bond donors (Lipinski definition) is 1. The van der Waals surface area contributed by atoms with E-state index < -0.39 is 23.8 Å². The zero-order valence-electron chi connectivity index (χ0n) is 12.4. The lowest BCUT2D eigenvalue weighted by atomic mass is 10.2. The molecule has 1 amide bonds. The molecule has 2 rings (SSSR count). The summed E-state index contributed by atoms with van der Waals surface area (Å²) < 4.78 is 45.6. The molecule has 23 heavy (non-hydrogen) atoms. The van der Waals surface area contributed by atoms with Crippen LogP contribution in [0.3, 0.4) is 0 Å². The summed E-state index contributed by atoms with van der Waals surface area (Å²) in [5.74, 6) is -0.848.